The summed E-state index contributed by atoms with van der Waals surface area (Å²) in [6.07, 6.45) is 3.20. The highest BCUT2D eigenvalue weighted by Crippen LogP contribution is 2.43. The van der Waals surface area contributed by atoms with Gasteiger partial charge in [0.2, 0.25) is 11.9 Å². The number of piperazine rings is 1. The molecule has 0 spiro atoms. The van der Waals surface area contributed by atoms with Crippen molar-refractivity contribution in [1.82, 2.24) is 24.8 Å². The molecule has 6 rings (SSSR count). The molecule has 41 heavy (non-hydrogen) atoms. The maximum atomic E-state index is 16.8. The van der Waals surface area contributed by atoms with Gasteiger partial charge >= 0.3 is 0 Å². The van der Waals surface area contributed by atoms with Gasteiger partial charge in [-0.15, -0.1) is 0 Å². The van der Waals surface area contributed by atoms with Crippen molar-refractivity contribution in [3.8, 4) is 11.1 Å². The predicted molar refractivity (Wildman–Crippen MR) is 164 cm³/mol. The molecule has 8 nitrogen and oxygen atoms in total. The molecule has 2 aliphatic heterocycles. The van der Waals surface area contributed by atoms with Crippen LogP contribution in [0.2, 0.25) is 5.02 Å². The molecule has 0 bridgehead atoms. The number of rotatable bonds is 5. The van der Waals surface area contributed by atoms with Crippen molar-refractivity contribution < 1.29 is 9.18 Å². The van der Waals surface area contributed by atoms with Gasteiger partial charge in [-0.3, -0.25) is 4.79 Å². The van der Waals surface area contributed by atoms with E-state index in [2.05, 4.69) is 47.3 Å². The fourth-order valence-electron chi connectivity index (χ4n) is 6.12. The normalized spacial score (nSPS) is 19.9. The molecule has 0 radical (unpaired) electrons. The maximum absolute atomic E-state index is 16.8. The number of carbonyl (C=O) groups is 1. The molecule has 4 heterocycles. The number of amides is 1. The molecule has 2 aromatic carbocycles. The van der Waals surface area contributed by atoms with Crippen LogP contribution in [0.3, 0.4) is 0 Å². The lowest BCUT2D eigenvalue weighted by Gasteiger charge is -2.45. The third-order valence-electron chi connectivity index (χ3n) is 8.63. The minimum Gasteiger partial charge on any atom is -0.361 e. The zero-order chi connectivity index (χ0) is 29.2. The predicted octanol–water partition coefficient (Wildman–Crippen LogP) is 5.24. The number of nitrogens with one attached hydrogen (secondary N) is 1. The summed E-state index contributed by atoms with van der Waals surface area (Å²) in [5.74, 6) is 0.576. The first-order valence-corrected chi connectivity index (χ1v) is 14.3. The first kappa shape index (κ1) is 27.5. The Bertz CT molecular complexity index is 1680. The highest BCUT2D eigenvalue weighted by molar-refractivity contribution is 6.35. The Kier molecular flexibility index (Phi) is 6.90. The summed E-state index contributed by atoms with van der Waals surface area (Å²) < 4.78 is 16.8. The molecular weight excluding hydrogens is 541 g/mol. The van der Waals surface area contributed by atoms with E-state index in [9.17, 15) is 4.79 Å². The summed E-state index contributed by atoms with van der Waals surface area (Å²) >= 11 is 6.93. The first-order valence-electron chi connectivity index (χ1n) is 14.0. The van der Waals surface area contributed by atoms with Crippen molar-refractivity contribution in [3.63, 3.8) is 0 Å². The van der Waals surface area contributed by atoms with E-state index in [0.717, 1.165) is 35.1 Å². The van der Waals surface area contributed by atoms with Crippen LogP contribution >= 0.6 is 11.6 Å². The zero-order valence-electron chi connectivity index (χ0n) is 24.1. The van der Waals surface area contributed by atoms with Crippen LogP contribution in [0.25, 0.3) is 32.9 Å². The minimum atomic E-state index is -0.458. The van der Waals surface area contributed by atoms with Gasteiger partial charge in [0.05, 0.1) is 5.02 Å². The number of anilines is 2. The Morgan fingerprint density at radius 2 is 1.85 bits per heavy atom. The van der Waals surface area contributed by atoms with Gasteiger partial charge in [0, 0.05) is 72.4 Å². The average molecular weight is 576 g/mol. The van der Waals surface area contributed by atoms with Crippen molar-refractivity contribution in [3.05, 3.63) is 59.5 Å². The lowest BCUT2D eigenvalue weighted by Crippen LogP contribution is -2.59. The maximum Gasteiger partial charge on any atom is 0.246 e. The molecule has 0 aliphatic carbocycles. The van der Waals surface area contributed by atoms with Gasteiger partial charge in [0.1, 0.15) is 11.3 Å². The molecule has 0 unspecified atom stereocenters. The molecule has 214 valence electrons. The van der Waals surface area contributed by atoms with E-state index in [-0.39, 0.29) is 23.5 Å². The largest absolute Gasteiger partial charge is 0.361 e. The quantitative estimate of drug-likeness (QED) is 0.328. The molecule has 4 aromatic rings. The number of fused-ring (bicyclic) bond motifs is 2. The lowest BCUT2D eigenvalue weighted by molar-refractivity contribution is -0.128. The van der Waals surface area contributed by atoms with Crippen LogP contribution in [0.1, 0.15) is 19.4 Å². The molecule has 2 aliphatic rings. The number of aryl methyl sites for hydroxylation is 1. The topological polar surface area (TPSA) is 71.6 Å². The van der Waals surface area contributed by atoms with Crippen LogP contribution in [0.5, 0.6) is 0 Å². The van der Waals surface area contributed by atoms with Gasteiger partial charge < -0.3 is 24.6 Å². The summed E-state index contributed by atoms with van der Waals surface area (Å²) in [6, 6.07) is 7.94. The van der Waals surface area contributed by atoms with Gasteiger partial charge in [0.15, 0.2) is 5.82 Å². The standard InChI is InChI=1S/C31H35ClFN7O/c1-7-25(41)39-13-19(4)40(14-18(39)3)30-22-12-23(32)27(26-17(2)8-9-24-21(26)10-11-34-24)28(33)29(22)35-31(36-30)38-15-20(16-38)37(5)6/h7-12,18-20,34H,1,13-16H2,2-6H3/t18-,19+/m1/s1. The Morgan fingerprint density at radius 3 is 2.56 bits per heavy atom. The van der Waals surface area contributed by atoms with E-state index < -0.39 is 5.82 Å². The molecule has 2 aromatic heterocycles. The van der Waals surface area contributed by atoms with E-state index in [1.807, 2.05) is 43.1 Å². The van der Waals surface area contributed by atoms with Gasteiger partial charge in [-0.2, -0.15) is 4.98 Å². The van der Waals surface area contributed by atoms with Gasteiger partial charge in [-0.25, -0.2) is 9.37 Å². The number of halogens is 2. The average Bonchev–Trinajstić information content (AvgIpc) is 3.38. The lowest BCUT2D eigenvalue weighted by atomic mass is 9.95. The van der Waals surface area contributed by atoms with Crippen molar-refractivity contribution in [1.29, 1.82) is 0 Å². The van der Waals surface area contributed by atoms with Crippen molar-refractivity contribution >= 4 is 51.1 Å². The van der Waals surface area contributed by atoms with Crippen LogP contribution < -0.4 is 9.80 Å². The van der Waals surface area contributed by atoms with Crippen LogP contribution in [0.15, 0.2) is 43.1 Å². The SMILES string of the molecule is C=CC(=O)N1C[C@H](C)N(c2nc(N3CC(N(C)C)C3)nc3c(F)c(-c4c(C)ccc5[nH]ccc45)c(Cl)cc23)C[C@H]1C. The van der Waals surface area contributed by atoms with E-state index in [1.165, 1.54) is 6.08 Å². The molecule has 0 saturated carbocycles. The Balaban J connectivity index is 1.54. The number of aromatic amines is 1. The Hall–Kier alpha value is -3.69. The third kappa shape index (κ3) is 4.51. The molecule has 10 heteroatoms. The van der Waals surface area contributed by atoms with Crippen molar-refractivity contribution in [2.75, 3.05) is 50.1 Å². The molecule has 1 amide bonds. The molecule has 2 fully saturated rings. The fraction of sp³-hybridized carbons (Fsp3) is 0.387. The van der Waals surface area contributed by atoms with Gasteiger partial charge in [0.25, 0.3) is 0 Å². The molecule has 1 N–H and O–H groups in total. The van der Waals surface area contributed by atoms with E-state index >= 15 is 4.39 Å². The summed E-state index contributed by atoms with van der Waals surface area (Å²) in [7, 11) is 4.11. The number of hydrogen-bond acceptors (Lipinski definition) is 6. The second-order valence-electron chi connectivity index (χ2n) is 11.6. The highest BCUT2D eigenvalue weighted by Gasteiger charge is 2.36. The Labute approximate surface area is 244 Å². The van der Waals surface area contributed by atoms with Crippen molar-refractivity contribution in [2.24, 2.45) is 0 Å². The second-order valence-corrected chi connectivity index (χ2v) is 12.0. The van der Waals surface area contributed by atoms with Crippen LogP contribution in [0, 0.1) is 12.7 Å². The summed E-state index contributed by atoms with van der Waals surface area (Å²) in [5.41, 5.74) is 3.18. The number of hydrogen-bond donors (Lipinski definition) is 1. The van der Waals surface area contributed by atoms with Crippen LogP contribution in [-0.2, 0) is 4.79 Å². The van der Waals surface area contributed by atoms with E-state index in [0.29, 0.717) is 46.9 Å². The van der Waals surface area contributed by atoms with Crippen LogP contribution in [0.4, 0.5) is 16.2 Å². The van der Waals surface area contributed by atoms with E-state index in [4.69, 9.17) is 21.6 Å². The number of aromatic nitrogens is 3. The number of nitrogens with zero attached hydrogens (tertiary/aromatic N) is 6. The molecule has 2 saturated heterocycles. The minimum absolute atomic E-state index is 0.0654. The third-order valence-corrected chi connectivity index (χ3v) is 8.93. The summed E-state index contributed by atoms with van der Waals surface area (Å²) in [6.45, 7) is 12.2. The van der Waals surface area contributed by atoms with Gasteiger partial charge in [-0.05, 0) is 70.3 Å². The van der Waals surface area contributed by atoms with Gasteiger partial charge in [-0.1, -0.05) is 24.2 Å². The molecular formula is C31H35ClFN7O. The summed E-state index contributed by atoms with van der Waals surface area (Å²) in [5, 5.41) is 1.77. The second kappa shape index (κ2) is 10.3. The molecule has 2 atom stereocenters. The fourth-order valence-corrected chi connectivity index (χ4v) is 6.41. The first-order chi connectivity index (χ1) is 19.6. The van der Waals surface area contributed by atoms with E-state index in [1.54, 1.807) is 6.07 Å². The number of benzene rings is 2. The summed E-state index contributed by atoms with van der Waals surface area (Å²) in [4.78, 5) is 33.8. The monoisotopic (exact) mass is 575 g/mol. The van der Waals surface area contributed by atoms with Crippen molar-refractivity contribution in [2.45, 2.75) is 38.9 Å². The van der Waals surface area contributed by atoms with Crippen LogP contribution in [-0.4, -0.2) is 89.1 Å². The number of carbonyl (C=O) groups excluding carboxylic acids is 1. The zero-order valence-corrected chi connectivity index (χ0v) is 24.8. The smallest absolute Gasteiger partial charge is 0.246 e. The number of H-pyrrole nitrogens is 1. The number of likely N-dealkylation sites (N-methyl/N-ethyl adjacent to an activating group) is 1. The Morgan fingerprint density at radius 1 is 1.10 bits per heavy atom. The highest BCUT2D eigenvalue weighted by atomic mass is 35.5.